The summed E-state index contributed by atoms with van der Waals surface area (Å²) >= 11 is 3.65. The van der Waals surface area contributed by atoms with Crippen molar-refractivity contribution in [3.05, 3.63) is 82.4 Å². The van der Waals surface area contributed by atoms with E-state index in [1.807, 2.05) is 57.2 Å². The van der Waals surface area contributed by atoms with E-state index in [1.54, 1.807) is 13.0 Å². The van der Waals surface area contributed by atoms with Gasteiger partial charge in [-0.15, -0.1) is 0 Å². The summed E-state index contributed by atoms with van der Waals surface area (Å²) in [6.07, 6.45) is 1.96. The van der Waals surface area contributed by atoms with E-state index in [0.717, 1.165) is 16.8 Å². The molecule has 2 fully saturated rings. The van der Waals surface area contributed by atoms with Crippen molar-refractivity contribution in [2.75, 3.05) is 19.8 Å². The van der Waals surface area contributed by atoms with Crippen molar-refractivity contribution in [2.45, 2.75) is 89.4 Å². The highest BCUT2D eigenvalue weighted by Crippen LogP contribution is 2.58. The predicted molar refractivity (Wildman–Crippen MR) is 176 cm³/mol. The van der Waals surface area contributed by atoms with Crippen LogP contribution >= 0.6 is 15.9 Å². The lowest BCUT2D eigenvalue weighted by Gasteiger charge is -2.46. The van der Waals surface area contributed by atoms with Gasteiger partial charge in [0.2, 0.25) is 11.6 Å². The quantitative estimate of drug-likeness (QED) is 0.152. The van der Waals surface area contributed by atoms with Crippen molar-refractivity contribution in [2.24, 2.45) is 0 Å². The highest BCUT2D eigenvalue weighted by atomic mass is 79.9. The van der Waals surface area contributed by atoms with Gasteiger partial charge in [-0.2, -0.15) is 0 Å². The number of rotatable bonds is 8. The Bertz CT molecular complexity index is 1410. The first-order chi connectivity index (χ1) is 20.7. The number of ether oxygens (including phenoxy) is 4. The summed E-state index contributed by atoms with van der Waals surface area (Å²) in [6.45, 7) is 14.8. The molecule has 2 heterocycles. The summed E-state index contributed by atoms with van der Waals surface area (Å²) in [5.41, 5.74) is -0.818. The lowest BCUT2D eigenvalue weighted by molar-refractivity contribution is -0.255. The fourth-order valence-electron chi connectivity index (χ4n) is 6.34. The van der Waals surface area contributed by atoms with Gasteiger partial charge < -0.3 is 23.4 Å². The molecule has 0 bridgehead atoms. The van der Waals surface area contributed by atoms with E-state index in [-0.39, 0.29) is 23.8 Å². The van der Waals surface area contributed by atoms with Crippen molar-refractivity contribution >= 4 is 46.4 Å². The van der Waals surface area contributed by atoms with Crippen molar-refractivity contribution in [3.63, 3.8) is 0 Å². The van der Waals surface area contributed by atoms with Crippen LogP contribution in [0.3, 0.4) is 0 Å². The van der Waals surface area contributed by atoms with Crippen molar-refractivity contribution in [1.82, 2.24) is 0 Å². The zero-order valence-electron chi connectivity index (χ0n) is 26.7. The zero-order chi connectivity index (χ0) is 32.0. The van der Waals surface area contributed by atoms with Gasteiger partial charge in [0, 0.05) is 17.6 Å². The predicted octanol–water partition coefficient (Wildman–Crippen LogP) is 5.74. The fourth-order valence-corrected chi connectivity index (χ4v) is 11.6. The maximum absolute atomic E-state index is 14.1. The Morgan fingerprint density at radius 1 is 0.977 bits per heavy atom. The van der Waals surface area contributed by atoms with Gasteiger partial charge in [0.25, 0.3) is 8.32 Å². The minimum Gasteiger partial charge on any atom is -0.457 e. The molecule has 0 N–H and O–H groups in total. The van der Waals surface area contributed by atoms with Crippen molar-refractivity contribution in [1.29, 1.82) is 0 Å². The van der Waals surface area contributed by atoms with Gasteiger partial charge in [-0.1, -0.05) is 87.5 Å². The summed E-state index contributed by atoms with van der Waals surface area (Å²) in [5, 5.41) is 2.01. The molecule has 2 aliphatic heterocycles. The molecule has 3 aliphatic rings. The number of hydrogen-bond donors (Lipinski definition) is 0. The molecule has 0 saturated carbocycles. The number of carbonyl (C=O) groups is 2. The molecular weight excluding hydrogens is 640 g/mol. The summed E-state index contributed by atoms with van der Waals surface area (Å²) in [4.78, 5) is 26.7. The summed E-state index contributed by atoms with van der Waals surface area (Å²) < 4.78 is 32.2. The number of esters is 1. The second kappa shape index (κ2) is 12.1. The van der Waals surface area contributed by atoms with Gasteiger partial charge in [-0.25, -0.2) is 4.79 Å². The molecule has 0 amide bonds. The molecule has 2 atom stereocenters. The van der Waals surface area contributed by atoms with E-state index in [1.165, 1.54) is 0 Å². The standard InChI is InChI=1S/C35H43BrO7Si/c1-24(30(38)42-32(2,3)4)19-20-34-29(37)28(36)27(35(31(34)43-34)39-21-14-22-40-35)23-41-44(33(5,6)7,25-15-10-8-11-16-25)26-17-12-9-13-18-26/h8-13,15-19,31H,14,20-23H2,1-7H3/b24-19+/t31-,34-/m0/s1. The maximum Gasteiger partial charge on any atom is 0.333 e. The van der Waals surface area contributed by atoms with Crippen LogP contribution in [0.15, 0.2) is 82.4 Å². The summed E-state index contributed by atoms with van der Waals surface area (Å²) in [7, 11) is -2.93. The number of epoxide rings is 1. The Kier molecular flexibility index (Phi) is 9.05. The van der Waals surface area contributed by atoms with E-state index in [0.29, 0.717) is 28.8 Å². The zero-order valence-corrected chi connectivity index (χ0v) is 29.3. The van der Waals surface area contributed by atoms with Crippen molar-refractivity contribution in [3.8, 4) is 0 Å². The average Bonchev–Trinajstić information content (AvgIpc) is 3.74. The molecule has 0 radical (unpaired) electrons. The van der Waals surface area contributed by atoms with Crippen LogP contribution in [0.1, 0.15) is 61.3 Å². The minimum atomic E-state index is -2.93. The highest BCUT2D eigenvalue weighted by molar-refractivity contribution is 9.12. The van der Waals surface area contributed by atoms with E-state index in [4.69, 9.17) is 23.4 Å². The van der Waals surface area contributed by atoms with Gasteiger partial charge >= 0.3 is 5.97 Å². The number of Topliss-reactive ketones (excluding diaryl/α,β-unsaturated/α-hetero) is 1. The Balaban J connectivity index is 1.53. The number of hydrogen-bond acceptors (Lipinski definition) is 7. The largest absolute Gasteiger partial charge is 0.457 e. The average molecular weight is 684 g/mol. The first kappa shape index (κ1) is 33.0. The highest BCUT2D eigenvalue weighted by Gasteiger charge is 2.76. The third-order valence-corrected chi connectivity index (χ3v) is 14.3. The topological polar surface area (TPSA) is 83.6 Å². The minimum absolute atomic E-state index is 0.113. The van der Waals surface area contributed by atoms with Crippen LogP contribution in [-0.4, -0.2) is 63.0 Å². The Labute approximate surface area is 270 Å². The molecule has 1 aliphatic carbocycles. The normalized spacial score (nSPS) is 23.9. The SMILES string of the molecule is C/C(=C\C[C@@]12O[C@@H]1C1(OCCCO1)C(CO[Si](c1ccccc1)(c1ccccc1)C(C)(C)C)=C(Br)C2=O)C(=O)OC(C)(C)C. The third kappa shape index (κ3) is 5.83. The van der Waals surface area contributed by atoms with Crippen LogP contribution in [0, 0.1) is 0 Å². The van der Waals surface area contributed by atoms with E-state index in [9.17, 15) is 9.59 Å². The first-order valence-corrected chi connectivity index (χ1v) is 17.9. The van der Waals surface area contributed by atoms with Crippen LogP contribution in [0.5, 0.6) is 0 Å². The smallest absolute Gasteiger partial charge is 0.333 e. The fraction of sp³-hybridized carbons (Fsp3) is 0.486. The van der Waals surface area contributed by atoms with Gasteiger partial charge in [0.1, 0.15) is 5.60 Å². The third-order valence-electron chi connectivity index (χ3n) is 8.51. The molecule has 0 aromatic heterocycles. The van der Waals surface area contributed by atoms with Gasteiger partial charge in [-0.3, -0.25) is 4.79 Å². The van der Waals surface area contributed by atoms with Crippen LogP contribution in [0.4, 0.5) is 0 Å². The Morgan fingerprint density at radius 2 is 1.52 bits per heavy atom. The van der Waals surface area contributed by atoms with Crippen LogP contribution in [0.2, 0.25) is 5.04 Å². The molecule has 44 heavy (non-hydrogen) atoms. The maximum atomic E-state index is 14.1. The number of ketones is 1. The number of benzene rings is 2. The van der Waals surface area contributed by atoms with Crippen LogP contribution < -0.4 is 10.4 Å². The lowest BCUT2D eigenvalue weighted by atomic mass is 9.81. The first-order valence-electron chi connectivity index (χ1n) is 15.2. The summed E-state index contributed by atoms with van der Waals surface area (Å²) in [5.74, 6) is -1.92. The van der Waals surface area contributed by atoms with E-state index < -0.39 is 37.4 Å². The monoisotopic (exact) mass is 682 g/mol. The second-order valence-corrected chi connectivity index (χ2v) is 18.9. The van der Waals surface area contributed by atoms with Gasteiger partial charge in [-0.05, 0) is 65.5 Å². The number of halogens is 1. The molecule has 2 saturated heterocycles. The van der Waals surface area contributed by atoms with Crippen molar-refractivity contribution < 1.29 is 33.0 Å². The molecule has 2 aromatic carbocycles. The molecule has 5 rings (SSSR count). The molecule has 236 valence electrons. The van der Waals surface area contributed by atoms with Crippen LogP contribution in [-0.2, 0) is 33.0 Å². The van der Waals surface area contributed by atoms with Gasteiger partial charge in [0.05, 0.1) is 24.3 Å². The Morgan fingerprint density at radius 3 is 2.02 bits per heavy atom. The second-order valence-electron chi connectivity index (χ2n) is 13.8. The lowest BCUT2D eigenvalue weighted by Crippen LogP contribution is -2.67. The molecule has 0 unspecified atom stereocenters. The summed E-state index contributed by atoms with van der Waals surface area (Å²) in [6, 6.07) is 20.7. The number of fused-ring (bicyclic) bond motifs is 2. The molecule has 9 heteroatoms. The molecule has 1 spiro atoms. The molecule has 2 aromatic rings. The van der Waals surface area contributed by atoms with E-state index in [2.05, 4.69) is 61.0 Å². The van der Waals surface area contributed by atoms with Gasteiger partial charge in [0.15, 0.2) is 11.7 Å². The van der Waals surface area contributed by atoms with E-state index >= 15 is 0 Å². The molecule has 7 nitrogen and oxygen atoms in total. The number of carbonyl (C=O) groups excluding carboxylic acids is 2. The van der Waals surface area contributed by atoms with Crippen LogP contribution in [0.25, 0.3) is 0 Å². The molecular formula is C35H43BrO7Si. The Hall–Kier alpha value is -2.40.